The molecule has 0 aliphatic carbocycles. The summed E-state index contributed by atoms with van der Waals surface area (Å²) in [5.41, 5.74) is 4.49. The molecule has 1 aromatic rings. The van der Waals surface area contributed by atoms with Gasteiger partial charge in [0.1, 0.15) is 0 Å². The van der Waals surface area contributed by atoms with E-state index in [0.29, 0.717) is 5.56 Å². The lowest BCUT2D eigenvalue weighted by molar-refractivity contribution is -0.129. The molecule has 0 unspecified atom stereocenters. The molecule has 5 nitrogen and oxygen atoms in total. The smallest absolute Gasteiger partial charge is 0.265 e. The topological polar surface area (TPSA) is 75.4 Å². The molecule has 1 heterocycles. The zero-order valence-corrected chi connectivity index (χ0v) is 12.3. The van der Waals surface area contributed by atoms with E-state index < -0.39 is 0 Å². The summed E-state index contributed by atoms with van der Waals surface area (Å²) in [6, 6.07) is 7.33. The number of hydrogen-bond donors (Lipinski definition) is 2. The predicted molar refractivity (Wildman–Crippen MR) is 82.1 cm³/mol. The van der Waals surface area contributed by atoms with E-state index in [2.05, 4.69) is 12.0 Å². The second-order valence-corrected chi connectivity index (χ2v) is 5.32. The van der Waals surface area contributed by atoms with Gasteiger partial charge in [-0.15, -0.1) is 0 Å². The van der Waals surface area contributed by atoms with Crippen LogP contribution in [0.4, 0.5) is 0 Å². The zero-order chi connectivity index (χ0) is 15.4. The number of carbonyl (C=O) groups is 2. The number of hydrogen-bond acceptors (Lipinski definition) is 3. The van der Waals surface area contributed by atoms with Crippen LogP contribution in [-0.2, 0) is 4.79 Å². The van der Waals surface area contributed by atoms with E-state index in [9.17, 15) is 9.59 Å². The van der Waals surface area contributed by atoms with Crippen molar-refractivity contribution in [3.63, 3.8) is 0 Å². The number of nitrogens with zero attached hydrogens (tertiary/aromatic N) is 1. The molecule has 0 bridgehead atoms. The maximum absolute atomic E-state index is 11.8. The van der Waals surface area contributed by atoms with Crippen molar-refractivity contribution in [3.8, 4) is 0 Å². The number of allylic oxidation sites excluding steroid dienone is 1. The van der Waals surface area contributed by atoms with Crippen molar-refractivity contribution >= 4 is 17.4 Å². The van der Waals surface area contributed by atoms with Gasteiger partial charge in [0.05, 0.1) is 0 Å². The van der Waals surface area contributed by atoms with E-state index in [1.165, 1.54) is 0 Å². The molecule has 1 aliphatic rings. The van der Waals surface area contributed by atoms with Gasteiger partial charge in [-0.1, -0.05) is 24.8 Å². The van der Waals surface area contributed by atoms with E-state index in [0.717, 1.165) is 37.1 Å². The zero-order valence-electron chi connectivity index (χ0n) is 12.3. The Morgan fingerprint density at radius 1 is 1.24 bits per heavy atom. The molecular formula is C16H21N3O2. The Morgan fingerprint density at radius 3 is 2.33 bits per heavy atom. The van der Waals surface area contributed by atoms with Gasteiger partial charge in [-0.05, 0) is 36.0 Å². The van der Waals surface area contributed by atoms with Gasteiger partial charge in [-0.3, -0.25) is 15.0 Å². The van der Waals surface area contributed by atoms with Crippen molar-refractivity contribution in [3.05, 3.63) is 42.0 Å². The third-order valence-electron chi connectivity index (χ3n) is 4.08. The van der Waals surface area contributed by atoms with Crippen LogP contribution in [0.5, 0.6) is 0 Å². The number of nitrogen functional groups attached to an aromatic ring is 1. The maximum atomic E-state index is 11.8. The first-order valence-corrected chi connectivity index (χ1v) is 7.09. The van der Waals surface area contributed by atoms with Gasteiger partial charge in [0, 0.05) is 25.6 Å². The normalized spacial score (nSPS) is 15.6. The summed E-state index contributed by atoms with van der Waals surface area (Å²) in [5, 5.41) is 0. The predicted octanol–water partition coefficient (Wildman–Crippen LogP) is 1.56. The lowest BCUT2D eigenvalue weighted by Crippen LogP contribution is -2.37. The number of carbonyl (C=O) groups excluding carboxylic acids is 2. The van der Waals surface area contributed by atoms with Crippen molar-refractivity contribution in [2.75, 3.05) is 13.1 Å². The Bertz CT molecular complexity index is 560. The fourth-order valence-electron chi connectivity index (χ4n) is 2.80. The number of nitrogens with one attached hydrogen (secondary N) is 1. The Kier molecular flexibility index (Phi) is 4.75. The van der Waals surface area contributed by atoms with Crippen molar-refractivity contribution in [2.45, 2.75) is 19.8 Å². The van der Waals surface area contributed by atoms with E-state index >= 15 is 0 Å². The molecule has 1 fully saturated rings. The van der Waals surface area contributed by atoms with Crippen LogP contribution >= 0.6 is 0 Å². The molecule has 1 saturated heterocycles. The monoisotopic (exact) mass is 287 g/mol. The largest absolute Gasteiger partial charge is 0.343 e. The molecule has 2 rings (SSSR count). The summed E-state index contributed by atoms with van der Waals surface area (Å²) in [6.07, 6.45) is 1.74. The fourth-order valence-corrected chi connectivity index (χ4v) is 2.80. The van der Waals surface area contributed by atoms with Crippen molar-refractivity contribution in [1.29, 1.82) is 0 Å². The van der Waals surface area contributed by atoms with E-state index in [4.69, 9.17) is 5.84 Å². The molecule has 3 N–H and O–H groups in total. The second kappa shape index (κ2) is 6.54. The highest BCUT2D eigenvalue weighted by Crippen LogP contribution is 2.32. The number of hydrazine groups is 1. The molecule has 112 valence electrons. The molecule has 2 amide bonds. The Labute approximate surface area is 124 Å². The summed E-state index contributed by atoms with van der Waals surface area (Å²) in [5.74, 6) is 5.32. The molecule has 0 radical (unpaired) electrons. The first-order chi connectivity index (χ1) is 10.0. The summed E-state index contributed by atoms with van der Waals surface area (Å²) in [6.45, 7) is 7.25. The summed E-state index contributed by atoms with van der Waals surface area (Å²) >= 11 is 0. The number of rotatable bonds is 3. The third-order valence-corrected chi connectivity index (χ3v) is 4.08. The minimum Gasteiger partial charge on any atom is -0.343 e. The van der Waals surface area contributed by atoms with E-state index in [1.807, 2.05) is 17.0 Å². The minimum atomic E-state index is -0.312. The van der Waals surface area contributed by atoms with Gasteiger partial charge < -0.3 is 4.90 Å². The summed E-state index contributed by atoms with van der Waals surface area (Å²) < 4.78 is 0. The average Bonchev–Trinajstić information content (AvgIpc) is 2.53. The first-order valence-electron chi connectivity index (χ1n) is 7.09. The number of amides is 2. The fraction of sp³-hybridized carbons (Fsp3) is 0.375. The molecule has 21 heavy (non-hydrogen) atoms. The molecule has 1 aromatic carbocycles. The Morgan fingerprint density at radius 2 is 1.81 bits per heavy atom. The SMILES string of the molecule is C=C(c1ccccc1C(=O)NN)C1CCN(C(C)=O)CC1. The minimum absolute atomic E-state index is 0.113. The van der Waals surface area contributed by atoms with Crippen LogP contribution in [0.15, 0.2) is 30.8 Å². The van der Waals surface area contributed by atoms with Crippen LogP contribution < -0.4 is 11.3 Å². The standard InChI is InChI=1S/C16H21N3O2/c1-11(13-7-9-19(10-8-13)12(2)20)14-5-3-4-6-15(14)16(21)18-17/h3-6,13H,1,7-10,17H2,2H3,(H,18,21). The molecule has 0 spiro atoms. The van der Waals surface area contributed by atoms with Crippen LogP contribution in [0.3, 0.4) is 0 Å². The van der Waals surface area contributed by atoms with E-state index in [1.54, 1.807) is 19.1 Å². The van der Waals surface area contributed by atoms with Crippen molar-refractivity contribution < 1.29 is 9.59 Å². The lowest BCUT2D eigenvalue weighted by Gasteiger charge is -2.32. The number of nitrogens with two attached hydrogens (primary N) is 1. The highest BCUT2D eigenvalue weighted by atomic mass is 16.2. The summed E-state index contributed by atoms with van der Waals surface area (Å²) in [4.78, 5) is 25.0. The van der Waals surface area contributed by atoms with Crippen LogP contribution in [0.25, 0.3) is 5.57 Å². The van der Waals surface area contributed by atoms with Gasteiger partial charge in [0.15, 0.2) is 0 Å². The molecule has 0 aromatic heterocycles. The molecule has 5 heteroatoms. The van der Waals surface area contributed by atoms with Crippen LogP contribution in [0.1, 0.15) is 35.7 Å². The number of likely N-dealkylation sites (tertiary alicyclic amines) is 1. The van der Waals surface area contributed by atoms with Gasteiger partial charge in [-0.2, -0.15) is 0 Å². The molecule has 1 aliphatic heterocycles. The van der Waals surface area contributed by atoms with Gasteiger partial charge in [0.25, 0.3) is 5.91 Å². The van der Waals surface area contributed by atoms with Crippen LogP contribution in [0.2, 0.25) is 0 Å². The Hall–Kier alpha value is -2.14. The average molecular weight is 287 g/mol. The van der Waals surface area contributed by atoms with Gasteiger partial charge in [0.2, 0.25) is 5.91 Å². The molecular weight excluding hydrogens is 266 g/mol. The van der Waals surface area contributed by atoms with Gasteiger partial charge >= 0.3 is 0 Å². The lowest BCUT2D eigenvalue weighted by atomic mass is 9.84. The maximum Gasteiger partial charge on any atom is 0.265 e. The van der Waals surface area contributed by atoms with Crippen LogP contribution in [0, 0.1) is 5.92 Å². The van der Waals surface area contributed by atoms with Gasteiger partial charge in [-0.25, -0.2) is 5.84 Å². The first kappa shape index (κ1) is 15.3. The Balaban J connectivity index is 2.15. The second-order valence-electron chi connectivity index (χ2n) is 5.32. The van der Waals surface area contributed by atoms with Crippen LogP contribution in [-0.4, -0.2) is 29.8 Å². The quantitative estimate of drug-likeness (QED) is 0.503. The highest BCUT2D eigenvalue weighted by molar-refractivity contribution is 5.98. The highest BCUT2D eigenvalue weighted by Gasteiger charge is 2.25. The summed E-state index contributed by atoms with van der Waals surface area (Å²) in [7, 11) is 0. The van der Waals surface area contributed by atoms with E-state index in [-0.39, 0.29) is 17.7 Å². The number of benzene rings is 1. The molecule has 0 atom stereocenters. The molecule has 0 saturated carbocycles. The van der Waals surface area contributed by atoms with Crippen molar-refractivity contribution in [1.82, 2.24) is 10.3 Å². The number of piperidine rings is 1. The third kappa shape index (κ3) is 3.31. The van der Waals surface area contributed by atoms with Crippen molar-refractivity contribution in [2.24, 2.45) is 11.8 Å².